The fourth-order valence-corrected chi connectivity index (χ4v) is 2.70. The third kappa shape index (κ3) is 5.61. The third-order valence-corrected chi connectivity index (χ3v) is 3.92. The largest absolute Gasteiger partial charge is 0.299 e. The first-order chi connectivity index (χ1) is 10.7. The predicted molar refractivity (Wildman–Crippen MR) is 91.5 cm³/mol. The molecule has 0 bridgehead atoms. The Morgan fingerprint density at radius 3 is 2.14 bits per heavy atom. The minimum absolute atomic E-state index is 0.157. The zero-order valence-corrected chi connectivity index (χ0v) is 13.7. The molecule has 0 saturated carbocycles. The molecule has 118 valence electrons. The standard InChI is InChI=1S/C20H26FN/c1-3-14-22(16-19-8-6-17(2)7-9-19)15-4-5-18-10-12-20(21)13-11-18/h6-13H,3-5,14-16H2,1-2H3. The Balaban J connectivity index is 1.83. The molecule has 0 aliphatic rings. The Bertz CT molecular complexity index is 545. The van der Waals surface area contributed by atoms with Crippen molar-refractivity contribution in [1.82, 2.24) is 4.90 Å². The predicted octanol–water partition coefficient (Wildman–Crippen LogP) is 4.98. The van der Waals surface area contributed by atoms with Gasteiger partial charge in [0.05, 0.1) is 0 Å². The van der Waals surface area contributed by atoms with Crippen molar-refractivity contribution >= 4 is 0 Å². The van der Waals surface area contributed by atoms with Crippen molar-refractivity contribution < 1.29 is 4.39 Å². The van der Waals surface area contributed by atoms with Crippen LogP contribution in [0.2, 0.25) is 0 Å². The van der Waals surface area contributed by atoms with Crippen LogP contribution in [0.4, 0.5) is 4.39 Å². The summed E-state index contributed by atoms with van der Waals surface area (Å²) in [7, 11) is 0. The second-order valence-corrected chi connectivity index (χ2v) is 5.99. The molecule has 0 aliphatic heterocycles. The van der Waals surface area contributed by atoms with Crippen LogP contribution in [-0.4, -0.2) is 18.0 Å². The van der Waals surface area contributed by atoms with Crippen LogP contribution in [0.1, 0.15) is 36.5 Å². The molecule has 0 spiro atoms. The van der Waals surface area contributed by atoms with Crippen molar-refractivity contribution in [2.24, 2.45) is 0 Å². The minimum atomic E-state index is -0.157. The SMILES string of the molecule is CCCN(CCCc1ccc(F)cc1)Cc1ccc(C)cc1. The van der Waals surface area contributed by atoms with Gasteiger partial charge in [0.2, 0.25) is 0 Å². The number of hydrogen-bond donors (Lipinski definition) is 0. The van der Waals surface area contributed by atoms with E-state index >= 15 is 0 Å². The summed E-state index contributed by atoms with van der Waals surface area (Å²) in [6.45, 7) is 7.56. The summed E-state index contributed by atoms with van der Waals surface area (Å²) in [5.41, 5.74) is 3.90. The summed E-state index contributed by atoms with van der Waals surface area (Å²) in [4.78, 5) is 2.51. The smallest absolute Gasteiger partial charge is 0.123 e. The lowest BCUT2D eigenvalue weighted by atomic mass is 10.1. The molecule has 0 N–H and O–H groups in total. The second kappa shape index (κ2) is 8.70. The van der Waals surface area contributed by atoms with Gasteiger partial charge in [0, 0.05) is 6.54 Å². The molecule has 1 nitrogen and oxygen atoms in total. The molecule has 0 atom stereocenters. The highest BCUT2D eigenvalue weighted by atomic mass is 19.1. The zero-order valence-electron chi connectivity index (χ0n) is 13.7. The van der Waals surface area contributed by atoms with E-state index in [1.807, 2.05) is 12.1 Å². The molecule has 0 amide bonds. The number of halogens is 1. The van der Waals surface area contributed by atoms with E-state index in [4.69, 9.17) is 0 Å². The summed E-state index contributed by atoms with van der Waals surface area (Å²) in [6, 6.07) is 15.7. The topological polar surface area (TPSA) is 3.24 Å². The molecule has 0 aliphatic carbocycles. The van der Waals surface area contributed by atoms with Gasteiger partial charge in [-0.15, -0.1) is 0 Å². The van der Waals surface area contributed by atoms with E-state index in [0.717, 1.165) is 32.5 Å². The molecule has 0 saturated heterocycles. The maximum absolute atomic E-state index is 12.9. The van der Waals surface area contributed by atoms with Crippen molar-refractivity contribution in [2.75, 3.05) is 13.1 Å². The number of aryl methyl sites for hydroxylation is 2. The van der Waals surface area contributed by atoms with Crippen LogP contribution in [0.15, 0.2) is 48.5 Å². The number of benzene rings is 2. The highest BCUT2D eigenvalue weighted by Gasteiger charge is 2.05. The monoisotopic (exact) mass is 299 g/mol. The first-order valence-electron chi connectivity index (χ1n) is 8.19. The number of rotatable bonds is 8. The maximum atomic E-state index is 12.9. The Labute approximate surface area is 133 Å². The maximum Gasteiger partial charge on any atom is 0.123 e. The molecule has 2 rings (SSSR count). The Morgan fingerprint density at radius 2 is 1.50 bits per heavy atom. The fourth-order valence-electron chi connectivity index (χ4n) is 2.70. The van der Waals surface area contributed by atoms with Gasteiger partial charge in [0.25, 0.3) is 0 Å². The van der Waals surface area contributed by atoms with Gasteiger partial charge in [-0.2, -0.15) is 0 Å². The van der Waals surface area contributed by atoms with E-state index in [0.29, 0.717) is 0 Å². The molecule has 0 aromatic heterocycles. The van der Waals surface area contributed by atoms with Crippen LogP contribution in [0.25, 0.3) is 0 Å². The van der Waals surface area contributed by atoms with Gasteiger partial charge in [-0.05, 0) is 62.5 Å². The lowest BCUT2D eigenvalue weighted by Gasteiger charge is -2.22. The first kappa shape index (κ1) is 16.7. The molecule has 2 heteroatoms. The van der Waals surface area contributed by atoms with Crippen LogP contribution >= 0.6 is 0 Å². The molecule has 0 heterocycles. The van der Waals surface area contributed by atoms with Crippen molar-refractivity contribution in [3.8, 4) is 0 Å². The molecule has 0 unspecified atom stereocenters. The van der Waals surface area contributed by atoms with Gasteiger partial charge in [-0.1, -0.05) is 48.9 Å². The van der Waals surface area contributed by atoms with Gasteiger partial charge in [-0.3, -0.25) is 4.90 Å². The number of hydrogen-bond acceptors (Lipinski definition) is 1. The fraction of sp³-hybridized carbons (Fsp3) is 0.400. The highest BCUT2D eigenvalue weighted by Crippen LogP contribution is 2.10. The van der Waals surface area contributed by atoms with Crippen LogP contribution in [0, 0.1) is 12.7 Å². The Hall–Kier alpha value is -1.67. The van der Waals surface area contributed by atoms with Gasteiger partial charge in [0.15, 0.2) is 0 Å². The number of nitrogens with zero attached hydrogens (tertiary/aromatic N) is 1. The summed E-state index contributed by atoms with van der Waals surface area (Å²) in [5.74, 6) is -0.157. The van der Waals surface area contributed by atoms with Crippen LogP contribution in [0.5, 0.6) is 0 Å². The van der Waals surface area contributed by atoms with Crippen molar-refractivity contribution in [2.45, 2.75) is 39.7 Å². The minimum Gasteiger partial charge on any atom is -0.299 e. The van der Waals surface area contributed by atoms with E-state index in [1.165, 1.54) is 23.1 Å². The van der Waals surface area contributed by atoms with Gasteiger partial charge in [-0.25, -0.2) is 4.39 Å². The molecular formula is C20H26FN. The van der Waals surface area contributed by atoms with Gasteiger partial charge >= 0.3 is 0 Å². The normalized spacial score (nSPS) is 11.1. The van der Waals surface area contributed by atoms with Crippen molar-refractivity contribution in [3.63, 3.8) is 0 Å². The lowest BCUT2D eigenvalue weighted by molar-refractivity contribution is 0.262. The quantitative estimate of drug-likeness (QED) is 0.664. The lowest BCUT2D eigenvalue weighted by Crippen LogP contribution is -2.25. The Kier molecular flexibility index (Phi) is 6.60. The molecule has 0 fully saturated rings. The third-order valence-electron chi connectivity index (χ3n) is 3.92. The van der Waals surface area contributed by atoms with Gasteiger partial charge in [0.1, 0.15) is 5.82 Å². The average molecular weight is 299 g/mol. The molecular weight excluding hydrogens is 273 g/mol. The molecule has 0 radical (unpaired) electrons. The summed E-state index contributed by atoms with van der Waals surface area (Å²) in [5, 5.41) is 0. The second-order valence-electron chi connectivity index (χ2n) is 5.99. The first-order valence-corrected chi connectivity index (χ1v) is 8.19. The Morgan fingerprint density at radius 1 is 0.864 bits per heavy atom. The molecule has 22 heavy (non-hydrogen) atoms. The summed E-state index contributed by atoms with van der Waals surface area (Å²) in [6.07, 6.45) is 3.29. The zero-order chi connectivity index (χ0) is 15.8. The van der Waals surface area contributed by atoms with E-state index in [-0.39, 0.29) is 5.82 Å². The highest BCUT2D eigenvalue weighted by molar-refractivity contribution is 5.21. The van der Waals surface area contributed by atoms with E-state index in [1.54, 1.807) is 12.1 Å². The van der Waals surface area contributed by atoms with Gasteiger partial charge < -0.3 is 0 Å². The summed E-state index contributed by atoms with van der Waals surface area (Å²) >= 11 is 0. The van der Waals surface area contributed by atoms with Crippen LogP contribution < -0.4 is 0 Å². The summed E-state index contributed by atoms with van der Waals surface area (Å²) < 4.78 is 12.9. The average Bonchev–Trinajstić information content (AvgIpc) is 2.52. The van der Waals surface area contributed by atoms with Crippen molar-refractivity contribution in [3.05, 3.63) is 71.0 Å². The molecule has 2 aromatic carbocycles. The van der Waals surface area contributed by atoms with E-state index < -0.39 is 0 Å². The van der Waals surface area contributed by atoms with Crippen molar-refractivity contribution in [1.29, 1.82) is 0 Å². The van der Waals surface area contributed by atoms with E-state index in [9.17, 15) is 4.39 Å². The molecule has 2 aromatic rings. The van der Waals surface area contributed by atoms with Crippen LogP contribution in [0.3, 0.4) is 0 Å². The van der Waals surface area contributed by atoms with E-state index in [2.05, 4.69) is 43.0 Å². The van der Waals surface area contributed by atoms with Crippen LogP contribution in [-0.2, 0) is 13.0 Å².